The van der Waals surface area contributed by atoms with Crippen molar-refractivity contribution in [3.8, 4) is 0 Å². The largest absolute Gasteiger partial charge is 0.350 e. The van der Waals surface area contributed by atoms with Crippen LogP contribution in [0.2, 0.25) is 0 Å². The predicted molar refractivity (Wildman–Crippen MR) is 129 cm³/mol. The Morgan fingerprint density at radius 2 is 1.88 bits per heavy atom. The fourth-order valence-electron chi connectivity index (χ4n) is 5.10. The van der Waals surface area contributed by atoms with Crippen molar-refractivity contribution in [1.82, 2.24) is 18.7 Å². The van der Waals surface area contributed by atoms with Crippen LogP contribution < -0.4 is 11.0 Å². The standard InChI is InChI=1S/C26H29N5O2/c1-18-15-23(19(2)31(18)22-11-4-3-5-12-22)25(32)27-21-10-8-9-20(16-21)17-30-26(33)29-14-7-6-13-24(29)28-30/h6-10,13-16,22H,3-5,11-12,17H2,1-2H3,(H,27,32). The van der Waals surface area contributed by atoms with Crippen LogP contribution >= 0.6 is 0 Å². The zero-order valence-corrected chi connectivity index (χ0v) is 19.1. The quantitative estimate of drug-likeness (QED) is 0.485. The van der Waals surface area contributed by atoms with Crippen LogP contribution in [-0.4, -0.2) is 24.7 Å². The number of carbonyl (C=O) groups excluding carboxylic acids is 1. The number of rotatable bonds is 5. The maximum Gasteiger partial charge on any atom is 0.350 e. The molecule has 7 heteroatoms. The zero-order chi connectivity index (χ0) is 22.9. The van der Waals surface area contributed by atoms with Gasteiger partial charge in [0.05, 0.1) is 12.1 Å². The van der Waals surface area contributed by atoms with Crippen molar-refractivity contribution in [2.45, 2.75) is 58.5 Å². The third-order valence-corrected chi connectivity index (χ3v) is 6.67. The van der Waals surface area contributed by atoms with Crippen molar-refractivity contribution in [3.05, 3.63) is 87.7 Å². The minimum atomic E-state index is -0.185. The van der Waals surface area contributed by atoms with Crippen molar-refractivity contribution >= 4 is 17.2 Å². The molecule has 4 aromatic rings. The van der Waals surface area contributed by atoms with Crippen LogP contribution in [0.4, 0.5) is 5.69 Å². The van der Waals surface area contributed by atoms with E-state index in [1.54, 1.807) is 12.3 Å². The van der Waals surface area contributed by atoms with Crippen molar-refractivity contribution in [2.24, 2.45) is 0 Å². The highest BCUT2D eigenvalue weighted by Crippen LogP contribution is 2.32. The average Bonchev–Trinajstić information content (AvgIpc) is 3.30. The Kier molecular flexibility index (Phi) is 5.62. The number of amides is 1. The fourth-order valence-corrected chi connectivity index (χ4v) is 5.10. The lowest BCUT2D eigenvalue weighted by atomic mass is 9.95. The van der Waals surface area contributed by atoms with E-state index in [0.29, 0.717) is 23.9 Å². The van der Waals surface area contributed by atoms with E-state index in [4.69, 9.17) is 0 Å². The number of nitrogens with zero attached hydrogens (tertiary/aromatic N) is 4. The van der Waals surface area contributed by atoms with Gasteiger partial charge in [-0.1, -0.05) is 37.5 Å². The lowest BCUT2D eigenvalue weighted by molar-refractivity contribution is 0.102. The molecule has 1 saturated carbocycles. The maximum absolute atomic E-state index is 13.1. The third kappa shape index (κ3) is 4.11. The summed E-state index contributed by atoms with van der Waals surface area (Å²) in [7, 11) is 0. The Labute approximate surface area is 192 Å². The number of anilines is 1. The molecule has 0 aliphatic heterocycles. The van der Waals surface area contributed by atoms with Gasteiger partial charge in [0, 0.05) is 29.3 Å². The monoisotopic (exact) mass is 443 g/mol. The molecule has 0 atom stereocenters. The molecule has 0 saturated heterocycles. The summed E-state index contributed by atoms with van der Waals surface area (Å²) in [6, 6.07) is 15.5. The first-order valence-corrected chi connectivity index (χ1v) is 11.6. The summed E-state index contributed by atoms with van der Waals surface area (Å²) >= 11 is 0. The zero-order valence-electron chi connectivity index (χ0n) is 19.1. The SMILES string of the molecule is Cc1cc(C(=O)Nc2cccc(Cn3nc4ccccn4c3=O)c2)c(C)n1C1CCCCC1. The topological polar surface area (TPSA) is 73.3 Å². The molecule has 1 aromatic carbocycles. The lowest BCUT2D eigenvalue weighted by Crippen LogP contribution is -2.21. The van der Waals surface area contributed by atoms with Crippen molar-refractivity contribution in [3.63, 3.8) is 0 Å². The molecule has 33 heavy (non-hydrogen) atoms. The number of fused-ring (bicyclic) bond motifs is 1. The van der Waals surface area contributed by atoms with E-state index in [2.05, 4.69) is 21.9 Å². The van der Waals surface area contributed by atoms with Gasteiger partial charge in [0.15, 0.2) is 5.65 Å². The number of hydrogen-bond donors (Lipinski definition) is 1. The third-order valence-electron chi connectivity index (χ3n) is 6.67. The summed E-state index contributed by atoms with van der Waals surface area (Å²) in [4.78, 5) is 25.7. The molecule has 0 unspecified atom stereocenters. The first-order valence-electron chi connectivity index (χ1n) is 11.6. The Morgan fingerprint density at radius 3 is 2.67 bits per heavy atom. The lowest BCUT2D eigenvalue weighted by Gasteiger charge is -2.26. The summed E-state index contributed by atoms with van der Waals surface area (Å²) in [6.07, 6.45) is 7.89. The van der Waals surface area contributed by atoms with Gasteiger partial charge < -0.3 is 9.88 Å². The molecule has 1 aliphatic rings. The van der Waals surface area contributed by atoms with Gasteiger partial charge in [0.1, 0.15) is 0 Å². The van der Waals surface area contributed by atoms with Gasteiger partial charge in [-0.2, -0.15) is 0 Å². The highest BCUT2D eigenvalue weighted by Gasteiger charge is 2.22. The molecule has 1 aliphatic carbocycles. The Hall–Kier alpha value is -3.61. The van der Waals surface area contributed by atoms with Crippen LogP contribution in [0.3, 0.4) is 0 Å². The molecule has 3 heterocycles. The molecule has 1 N–H and O–H groups in total. The molecular weight excluding hydrogens is 414 g/mol. The molecule has 5 rings (SSSR count). The van der Waals surface area contributed by atoms with Crippen LogP contribution in [0.1, 0.15) is 65.5 Å². The van der Waals surface area contributed by atoms with E-state index in [1.165, 1.54) is 41.2 Å². The molecule has 1 fully saturated rings. The minimum Gasteiger partial charge on any atom is -0.345 e. The highest BCUT2D eigenvalue weighted by molar-refractivity contribution is 6.05. The van der Waals surface area contributed by atoms with Gasteiger partial charge >= 0.3 is 5.69 Å². The normalized spacial score (nSPS) is 14.6. The van der Waals surface area contributed by atoms with Crippen LogP contribution in [0, 0.1) is 13.8 Å². The maximum atomic E-state index is 13.1. The number of aryl methyl sites for hydroxylation is 1. The first kappa shape index (κ1) is 21.2. The second-order valence-corrected chi connectivity index (χ2v) is 8.97. The van der Waals surface area contributed by atoms with Crippen LogP contribution in [0.15, 0.2) is 59.5 Å². The van der Waals surface area contributed by atoms with E-state index in [1.807, 2.05) is 49.4 Å². The van der Waals surface area contributed by atoms with Gasteiger partial charge in [0.2, 0.25) is 0 Å². The van der Waals surface area contributed by atoms with E-state index in [-0.39, 0.29) is 11.6 Å². The van der Waals surface area contributed by atoms with E-state index in [0.717, 1.165) is 22.5 Å². The summed E-state index contributed by atoms with van der Waals surface area (Å²) in [5, 5.41) is 7.44. The Balaban J connectivity index is 1.35. The molecule has 1 amide bonds. The van der Waals surface area contributed by atoms with Crippen molar-refractivity contribution < 1.29 is 4.79 Å². The number of hydrogen-bond acceptors (Lipinski definition) is 3. The highest BCUT2D eigenvalue weighted by atomic mass is 16.2. The number of pyridine rings is 1. The second-order valence-electron chi connectivity index (χ2n) is 8.97. The van der Waals surface area contributed by atoms with Crippen LogP contribution in [0.5, 0.6) is 0 Å². The second kappa shape index (κ2) is 8.73. The predicted octanol–water partition coefficient (Wildman–Crippen LogP) is 4.72. The summed E-state index contributed by atoms with van der Waals surface area (Å²) < 4.78 is 5.31. The molecule has 0 bridgehead atoms. The van der Waals surface area contributed by atoms with Crippen molar-refractivity contribution in [2.75, 3.05) is 5.32 Å². The van der Waals surface area contributed by atoms with Gasteiger partial charge in [0.25, 0.3) is 5.91 Å². The van der Waals surface area contributed by atoms with Gasteiger partial charge in [-0.15, -0.1) is 5.10 Å². The molecule has 7 nitrogen and oxygen atoms in total. The Bertz CT molecular complexity index is 1370. The van der Waals surface area contributed by atoms with Crippen LogP contribution in [-0.2, 0) is 6.54 Å². The molecule has 0 radical (unpaired) electrons. The summed E-state index contributed by atoms with van der Waals surface area (Å²) in [5.41, 5.74) is 4.92. The van der Waals surface area contributed by atoms with Gasteiger partial charge in [-0.3, -0.25) is 9.20 Å². The number of benzene rings is 1. The summed E-state index contributed by atoms with van der Waals surface area (Å²) in [6.45, 7) is 4.47. The molecular formula is C26H29N5O2. The molecule has 0 spiro atoms. The number of nitrogens with one attached hydrogen (secondary N) is 1. The average molecular weight is 444 g/mol. The molecule has 3 aromatic heterocycles. The van der Waals surface area contributed by atoms with Gasteiger partial charge in [-0.25, -0.2) is 9.48 Å². The Morgan fingerprint density at radius 1 is 1.06 bits per heavy atom. The van der Waals surface area contributed by atoms with Gasteiger partial charge in [-0.05, 0) is 62.6 Å². The molecule has 170 valence electrons. The summed E-state index contributed by atoms with van der Waals surface area (Å²) in [5.74, 6) is -0.104. The first-order chi connectivity index (χ1) is 16.0. The van der Waals surface area contributed by atoms with Crippen LogP contribution in [0.25, 0.3) is 5.65 Å². The van der Waals surface area contributed by atoms with E-state index < -0.39 is 0 Å². The minimum absolute atomic E-state index is 0.104. The fraction of sp³-hybridized carbons (Fsp3) is 0.346. The number of carbonyl (C=O) groups is 1. The van der Waals surface area contributed by atoms with E-state index in [9.17, 15) is 9.59 Å². The number of aromatic nitrogens is 4. The van der Waals surface area contributed by atoms with Crippen molar-refractivity contribution in [1.29, 1.82) is 0 Å². The smallest absolute Gasteiger partial charge is 0.345 e. The van der Waals surface area contributed by atoms with E-state index >= 15 is 0 Å².